The molecule has 0 bridgehead atoms. The van der Waals surface area contributed by atoms with Gasteiger partial charge >= 0.3 is 0 Å². The molecule has 3 atom stereocenters. The molecule has 1 fully saturated rings. The first kappa shape index (κ1) is 17.3. The first-order valence-corrected chi connectivity index (χ1v) is 9.82. The van der Waals surface area contributed by atoms with E-state index in [2.05, 4.69) is 16.5 Å². The van der Waals surface area contributed by atoms with Gasteiger partial charge in [0.05, 0.1) is 29.2 Å². The Hall–Kier alpha value is -2.86. The number of aliphatic hydroxyl groups is 1. The van der Waals surface area contributed by atoms with Crippen LogP contribution in [0.1, 0.15) is 56.3 Å². The van der Waals surface area contributed by atoms with Gasteiger partial charge in [0.15, 0.2) is 11.7 Å². The zero-order valence-corrected chi connectivity index (χ0v) is 15.7. The predicted octanol–water partition coefficient (Wildman–Crippen LogP) is 4.72. The average Bonchev–Trinajstić information content (AvgIpc) is 3.30. The number of nitrogens with zero attached hydrogens (tertiary/aromatic N) is 3. The summed E-state index contributed by atoms with van der Waals surface area (Å²) < 4.78 is 7.52. The molecule has 144 valence electrons. The van der Waals surface area contributed by atoms with Crippen molar-refractivity contribution in [2.75, 3.05) is 0 Å². The van der Waals surface area contributed by atoms with Crippen LogP contribution in [0.25, 0.3) is 22.0 Å². The van der Waals surface area contributed by atoms with Crippen LogP contribution in [0.3, 0.4) is 0 Å². The lowest BCUT2D eigenvalue weighted by Crippen LogP contribution is -2.21. The van der Waals surface area contributed by atoms with Crippen LogP contribution < -0.4 is 0 Å². The molecular formula is C22H23N3O3. The van der Waals surface area contributed by atoms with Gasteiger partial charge in [-0.15, -0.1) is 0 Å². The van der Waals surface area contributed by atoms with E-state index in [0.29, 0.717) is 28.5 Å². The molecule has 1 aromatic carbocycles. The van der Waals surface area contributed by atoms with Gasteiger partial charge in [-0.3, -0.25) is 4.98 Å². The number of aromatic nitrogens is 3. The Morgan fingerprint density at radius 2 is 2.11 bits per heavy atom. The minimum absolute atomic E-state index is 0.174. The minimum Gasteiger partial charge on any atom is -0.508 e. The summed E-state index contributed by atoms with van der Waals surface area (Å²) in [6, 6.07) is 9.20. The van der Waals surface area contributed by atoms with Gasteiger partial charge in [-0.05, 0) is 43.0 Å². The van der Waals surface area contributed by atoms with Gasteiger partial charge in [0.1, 0.15) is 11.6 Å². The third-order valence-corrected chi connectivity index (χ3v) is 5.86. The van der Waals surface area contributed by atoms with E-state index < -0.39 is 6.10 Å². The van der Waals surface area contributed by atoms with Crippen LogP contribution in [-0.2, 0) is 0 Å². The lowest BCUT2D eigenvalue weighted by Gasteiger charge is -2.30. The van der Waals surface area contributed by atoms with Crippen LogP contribution in [0.2, 0.25) is 0 Å². The Morgan fingerprint density at radius 1 is 1.21 bits per heavy atom. The second-order valence-electron chi connectivity index (χ2n) is 7.91. The van der Waals surface area contributed by atoms with Crippen molar-refractivity contribution in [1.82, 2.24) is 14.5 Å². The molecule has 3 aromatic heterocycles. The van der Waals surface area contributed by atoms with Crippen LogP contribution in [0.4, 0.5) is 0 Å². The number of rotatable bonds is 3. The van der Waals surface area contributed by atoms with Crippen LogP contribution >= 0.6 is 0 Å². The topological polar surface area (TPSA) is 84.3 Å². The van der Waals surface area contributed by atoms with E-state index in [1.54, 1.807) is 24.6 Å². The number of aliphatic hydroxyl groups excluding tert-OH is 1. The Labute approximate surface area is 162 Å². The molecule has 4 aromatic rings. The second-order valence-corrected chi connectivity index (χ2v) is 7.91. The molecule has 5 rings (SSSR count). The van der Waals surface area contributed by atoms with Crippen molar-refractivity contribution < 1.29 is 14.6 Å². The lowest BCUT2D eigenvalue weighted by atomic mass is 9.86. The van der Waals surface area contributed by atoms with Crippen molar-refractivity contribution in [2.45, 2.75) is 44.8 Å². The minimum atomic E-state index is -0.953. The molecule has 1 aliphatic rings. The molecule has 6 nitrogen and oxygen atoms in total. The van der Waals surface area contributed by atoms with Crippen molar-refractivity contribution in [2.24, 2.45) is 5.92 Å². The lowest BCUT2D eigenvalue weighted by molar-refractivity contribution is 0.189. The van der Waals surface area contributed by atoms with E-state index >= 15 is 0 Å². The number of phenolic OH excluding ortho intramolecular Hbond substituents is 1. The highest BCUT2D eigenvalue weighted by Gasteiger charge is 2.28. The van der Waals surface area contributed by atoms with Crippen LogP contribution in [0, 0.1) is 5.92 Å². The number of aromatic hydroxyl groups is 1. The third-order valence-electron chi connectivity index (χ3n) is 5.86. The SMILES string of the molecule is CC1CCCC(n2c(C(O)c3cc4ccoc4cn3)nc3cc(O)ccc32)C1. The standard InChI is InChI=1S/C22H23N3O3/c1-13-3-2-4-15(9-13)25-19-6-5-16(26)11-17(19)24-22(25)21(27)18-10-14-7-8-28-20(14)12-23-18/h5-8,10-13,15,21,26-27H,2-4,9H2,1H3. The Kier molecular flexibility index (Phi) is 4.09. The van der Waals surface area contributed by atoms with Gasteiger partial charge in [0.2, 0.25) is 0 Å². The van der Waals surface area contributed by atoms with Gasteiger partial charge < -0.3 is 19.2 Å². The number of phenols is 1. The molecule has 1 saturated carbocycles. The van der Waals surface area contributed by atoms with E-state index in [0.717, 1.165) is 23.7 Å². The van der Waals surface area contributed by atoms with Gasteiger partial charge in [-0.25, -0.2) is 4.98 Å². The summed E-state index contributed by atoms with van der Waals surface area (Å²) >= 11 is 0. The molecule has 28 heavy (non-hydrogen) atoms. The number of fused-ring (bicyclic) bond motifs is 2. The van der Waals surface area contributed by atoms with Crippen molar-refractivity contribution in [1.29, 1.82) is 0 Å². The Balaban J connectivity index is 1.65. The summed E-state index contributed by atoms with van der Waals surface area (Å²) in [7, 11) is 0. The Bertz CT molecular complexity index is 1150. The number of hydrogen-bond acceptors (Lipinski definition) is 5. The summed E-state index contributed by atoms with van der Waals surface area (Å²) in [4.78, 5) is 9.11. The largest absolute Gasteiger partial charge is 0.508 e. The number of furan rings is 1. The fraction of sp³-hybridized carbons (Fsp3) is 0.364. The highest BCUT2D eigenvalue weighted by atomic mass is 16.3. The van der Waals surface area contributed by atoms with Gasteiger partial charge in [-0.1, -0.05) is 19.8 Å². The first-order chi connectivity index (χ1) is 13.6. The van der Waals surface area contributed by atoms with Crippen molar-refractivity contribution >= 4 is 22.0 Å². The molecular weight excluding hydrogens is 354 g/mol. The Morgan fingerprint density at radius 3 is 2.96 bits per heavy atom. The monoisotopic (exact) mass is 377 g/mol. The zero-order valence-electron chi connectivity index (χ0n) is 15.7. The second kappa shape index (κ2) is 6.63. The summed E-state index contributed by atoms with van der Waals surface area (Å²) in [5, 5.41) is 22.0. The maximum Gasteiger partial charge on any atom is 0.154 e. The van der Waals surface area contributed by atoms with E-state index in [1.165, 1.54) is 12.8 Å². The average molecular weight is 377 g/mol. The smallest absolute Gasteiger partial charge is 0.154 e. The number of benzene rings is 1. The van der Waals surface area contributed by atoms with Crippen LogP contribution in [-0.4, -0.2) is 24.7 Å². The highest BCUT2D eigenvalue weighted by Crippen LogP contribution is 2.38. The van der Waals surface area contributed by atoms with Gasteiger partial charge in [0, 0.05) is 17.5 Å². The summed E-state index contributed by atoms with van der Waals surface area (Å²) in [6.07, 6.45) is 6.81. The molecule has 0 aliphatic heterocycles. The number of pyridine rings is 1. The molecule has 0 saturated heterocycles. The van der Waals surface area contributed by atoms with E-state index in [4.69, 9.17) is 9.40 Å². The van der Waals surface area contributed by atoms with Crippen molar-refractivity contribution in [3.05, 3.63) is 54.3 Å². The zero-order chi connectivity index (χ0) is 19.3. The van der Waals surface area contributed by atoms with Crippen molar-refractivity contribution in [3.63, 3.8) is 0 Å². The number of hydrogen-bond donors (Lipinski definition) is 2. The molecule has 1 aliphatic carbocycles. The molecule has 0 amide bonds. The third kappa shape index (κ3) is 2.85. The van der Waals surface area contributed by atoms with Gasteiger partial charge in [0.25, 0.3) is 0 Å². The van der Waals surface area contributed by atoms with E-state index in [1.807, 2.05) is 18.2 Å². The predicted molar refractivity (Wildman–Crippen MR) is 106 cm³/mol. The molecule has 2 N–H and O–H groups in total. The summed E-state index contributed by atoms with van der Waals surface area (Å²) in [5.41, 5.74) is 2.86. The highest BCUT2D eigenvalue weighted by molar-refractivity contribution is 5.79. The molecule has 3 heterocycles. The molecule has 6 heteroatoms. The first-order valence-electron chi connectivity index (χ1n) is 9.82. The van der Waals surface area contributed by atoms with Crippen molar-refractivity contribution in [3.8, 4) is 5.75 Å². The fourth-order valence-corrected chi connectivity index (χ4v) is 4.49. The molecule has 0 spiro atoms. The van der Waals surface area contributed by atoms with E-state index in [-0.39, 0.29) is 11.8 Å². The quantitative estimate of drug-likeness (QED) is 0.540. The number of imidazole rings is 1. The van der Waals surface area contributed by atoms with Crippen LogP contribution in [0.15, 0.2) is 47.2 Å². The molecule has 3 unspecified atom stereocenters. The van der Waals surface area contributed by atoms with E-state index in [9.17, 15) is 10.2 Å². The fourth-order valence-electron chi connectivity index (χ4n) is 4.49. The molecule has 0 radical (unpaired) electrons. The summed E-state index contributed by atoms with van der Waals surface area (Å²) in [5.74, 6) is 1.39. The van der Waals surface area contributed by atoms with Crippen LogP contribution in [0.5, 0.6) is 5.75 Å². The summed E-state index contributed by atoms with van der Waals surface area (Å²) in [6.45, 7) is 2.28. The maximum atomic E-state index is 11.2. The normalized spacial score (nSPS) is 21.4. The van der Waals surface area contributed by atoms with Gasteiger partial charge in [-0.2, -0.15) is 0 Å². The maximum absolute atomic E-state index is 11.2.